The van der Waals surface area contributed by atoms with Crippen LogP contribution in [0.3, 0.4) is 0 Å². The van der Waals surface area contributed by atoms with Crippen molar-refractivity contribution in [1.29, 1.82) is 0 Å². The highest BCUT2D eigenvalue weighted by Gasteiger charge is 2.33. The number of likely N-dealkylation sites (tertiary alicyclic amines) is 1. The fourth-order valence-electron chi connectivity index (χ4n) is 4.09. The minimum Gasteiger partial charge on any atom is -0.465 e. The Morgan fingerprint density at radius 3 is 2.60 bits per heavy atom. The maximum Gasteiger partial charge on any atom is 0.407 e. The topological polar surface area (TPSA) is 102 Å². The Morgan fingerprint density at radius 2 is 1.91 bits per heavy atom. The van der Waals surface area contributed by atoms with Crippen molar-refractivity contribution >= 4 is 11.7 Å². The zero-order valence-electron chi connectivity index (χ0n) is 18.9. The maximum atomic E-state index is 15.7. The molecule has 3 aromatic heterocycles. The van der Waals surface area contributed by atoms with Crippen LogP contribution in [0.2, 0.25) is 0 Å². The van der Waals surface area contributed by atoms with Gasteiger partial charge in [-0.2, -0.15) is 10.2 Å². The molecule has 9 nitrogen and oxygen atoms in total. The fourth-order valence-corrected chi connectivity index (χ4v) is 4.09. The van der Waals surface area contributed by atoms with E-state index >= 15 is 4.39 Å². The van der Waals surface area contributed by atoms with Crippen LogP contribution in [-0.2, 0) is 4.74 Å². The minimum atomic E-state index is -0.969. The van der Waals surface area contributed by atoms with Crippen molar-refractivity contribution in [3.05, 3.63) is 65.7 Å². The Balaban J connectivity index is 1.50. The van der Waals surface area contributed by atoms with Gasteiger partial charge in [0.2, 0.25) is 0 Å². The van der Waals surface area contributed by atoms with Gasteiger partial charge < -0.3 is 23.9 Å². The highest BCUT2D eigenvalue weighted by atomic mass is 19.1. The van der Waals surface area contributed by atoms with Crippen LogP contribution < -0.4 is 4.74 Å². The van der Waals surface area contributed by atoms with E-state index in [0.29, 0.717) is 41.3 Å². The van der Waals surface area contributed by atoms with Crippen molar-refractivity contribution in [2.24, 2.45) is 0 Å². The zero-order valence-corrected chi connectivity index (χ0v) is 18.9. The molecule has 1 N–H and O–H groups in total. The largest absolute Gasteiger partial charge is 0.465 e. The standard InChI is InChI=1S/C24H21F2N5O4/c1-13-8-30-9-14(7-18(25)23(30)27-13)16-3-4-17(22(21(16)26)35-12-34-2)20-6-5-19(28-29-20)15-10-31(11-15)24(32)33/h3-9,15H,10-12H2,1-2H3,(H,32,33). The summed E-state index contributed by atoms with van der Waals surface area (Å²) in [6, 6.07) is 7.81. The number of carboxylic acid groups (broad SMARTS) is 1. The molecular formula is C24H21F2N5O4. The van der Waals surface area contributed by atoms with E-state index in [4.69, 9.17) is 14.6 Å². The highest BCUT2D eigenvalue weighted by Crippen LogP contribution is 2.38. The SMILES string of the molecule is COCOc1c(-c2ccc(C3CN(C(=O)O)C3)nn2)ccc(-c2cc(F)c3nc(C)cn3c2)c1F. The smallest absolute Gasteiger partial charge is 0.407 e. The quantitative estimate of drug-likeness (QED) is 0.414. The van der Waals surface area contributed by atoms with Gasteiger partial charge in [-0.05, 0) is 31.2 Å². The van der Waals surface area contributed by atoms with E-state index < -0.39 is 17.7 Å². The molecule has 1 aromatic carbocycles. The first-order valence-electron chi connectivity index (χ1n) is 10.8. The summed E-state index contributed by atoms with van der Waals surface area (Å²) in [5.74, 6) is -1.41. The molecule has 4 aromatic rings. The molecule has 1 aliphatic heterocycles. The van der Waals surface area contributed by atoms with E-state index in [2.05, 4.69) is 15.2 Å². The molecule has 1 aliphatic rings. The Bertz CT molecular complexity index is 1420. The van der Waals surface area contributed by atoms with E-state index in [1.54, 1.807) is 37.5 Å². The summed E-state index contributed by atoms with van der Waals surface area (Å²) in [7, 11) is 1.42. The number of benzene rings is 1. The van der Waals surface area contributed by atoms with Gasteiger partial charge in [0.25, 0.3) is 0 Å². The summed E-state index contributed by atoms with van der Waals surface area (Å²) < 4.78 is 42.4. The lowest BCUT2D eigenvalue weighted by Gasteiger charge is -2.36. The third-order valence-corrected chi connectivity index (χ3v) is 5.89. The number of imidazole rings is 1. The van der Waals surface area contributed by atoms with Gasteiger partial charge in [0.15, 0.2) is 29.8 Å². The van der Waals surface area contributed by atoms with Crippen LogP contribution in [0.5, 0.6) is 5.75 Å². The number of aryl methyl sites for hydroxylation is 1. The lowest BCUT2D eigenvalue weighted by molar-refractivity contribution is 0.0488. The summed E-state index contributed by atoms with van der Waals surface area (Å²) in [5, 5.41) is 17.4. The van der Waals surface area contributed by atoms with Crippen LogP contribution in [0, 0.1) is 18.6 Å². The number of methoxy groups -OCH3 is 1. The zero-order chi connectivity index (χ0) is 24.7. The number of pyridine rings is 1. The minimum absolute atomic E-state index is 0.0346. The second kappa shape index (κ2) is 8.91. The van der Waals surface area contributed by atoms with Crippen LogP contribution in [-0.4, -0.2) is 62.7 Å². The number of aromatic nitrogens is 4. The van der Waals surface area contributed by atoms with Crippen LogP contribution >= 0.6 is 0 Å². The molecular weight excluding hydrogens is 460 g/mol. The van der Waals surface area contributed by atoms with Crippen molar-refractivity contribution in [1.82, 2.24) is 24.5 Å². The Kier molecular flexibility index (Phi) is 5.77. The lowest BCUT2D eigenvalue weighted by Crippen LogP contribution is -2.48. The van der Waals surface area contributed by atoms with Crippen LogP contribution in [0.15, 0.2) is 42.7 Å². The molecule has 1 fully saturated rings. The van der Waals surface area contributed by atoms with E-state index in [1.807, 2.05) is 0 Å². The Labute approximate surface area is 198 Å². The first kappa shape index (κ1) is 22.7. The van der Waals surface area contributed by atoms with Crippen molar-refractivity contribution in [3.8, 4) is 28.1 Å². The summed E-state index contributed by atoms with van der Waals surface area (Å²) in [6.07, 6.45) is 2.29. The van der Waals surface area contributed by atoms with Gasteiger partial charge in [-0.1, -0.05) is 6.07 Å². The van der Waals surface area contributed by atoms with Crippen LogP contribution in [0.25, 0.3) is 28.0 Å². The second-order valence-electron chi connectivity index (χ2n) is 8.27. The molecule has 1 saturated heterocycles. The lowest BCUT2D eigenvalue weighted by atomic mass is 9.96. The van der Waals surface area contributed by atoms with E-state index in [0.717, 1.165) is 0 Å². The maximum absolute atomic E-state index is 15.7. The normalized spacial score (nSPS) is 13.8. The van der Waals surface area contributed by atoms with Crippen molar-refractivity contribution in [2.75, 3.05) is 27.0 Å². The van der Waals surface area contributed by atoms with Gasteiger partial charge in [0.05, 0.1) is 17.1 Å². The molecule has 11 heteroatoms. The monoisotopic (exact) mass is 481 g/mol. The number of nitrogens with zero attached hydrogens (tertiary/aromatic N) is 5. The highest BCUT2D eigenvalue weighted by molar-refractivity contribution is 5.76. The molecule has 0 radical (unpaired) electrons. The number of rotatable bonds is 6. The Hall–Kier alpha value is -4.12. The molecule has 180 valence electrons. The Morgan fingerprint density at radius 1 is 1.14 bits per heavy atom. The predicted molar refractivity (Wildman–Crippen MR) is 121 cm³/mol. The van der Waals surface area contributed by atoms with Crippen molar-refractivity contribution < 1.29 is 28.2 Å². The van der Waals surface area contributed by atoms with Gasteiger partial charge in [-0.15, -0.1) is 0 Å². The van der Waals surface area contributed by atoms with Crippen molar-refractivity contribution in [3.63, 3.8) is 0 Å². The number of fused-ring (bicyclic) bond motifs is 1. The first-order valence-corrected chi connectivity index (χ1v) is 10.8. The molecule has 35 heavy (non-hydrogen) atoms. The van der Waals surface area contributed by atoms with Gasteiger partial charge in [-0.25, -0.2) is 18.6 Å². The molecule has 1 amide bonds. The molecule has 0 atom stereocenters. The molecule has 0 saturated carbocycles. The first-order chi connectivity index (χ1) is 16.9. The van der Waals surface area contributed by atoms with Crippen LogP contribution in [0.1, 0.15) is 17.3 Å². The average molecular weight is 481 g/mol. The van der Waals surface area contributed by atoms with Gasteiger partial charge in [0, 0.05) is 55.2 Å². The summed E-state index contributed by atoms with van der Waals surface area (Å²) in [6.45, 7) is 2.25. The van der Waals surface area contributed by atoms with E-state index in [1.165, 1.54) is 28.5 Å². The van der Waals surface area contributed by atoms with E-state index in [-0.39, 0.29) is 29.7 Å². The molecule has 0 aliphatic carbocycles. The fraction of sp³-hybridized carbons (Fsp3) is 0.250. The predicted octanol–water partition coefficient (Wildman–Crippen LogP) is 4.10. The summed E-state index contributed by atoms with van der Waals surface area (Å²) >= 11 is 0. The number of ether oxygens (including phenoxy) is 2. The summed E-state index contributed by atoms with van der Waals surface area (Å²) in [5.41, 5.74) is 2.62. The molecule has 0 unspecified atom stereocenters. The third-order valence-electron chi connectivity index (χ3n) is 5.89. The number of halogens is 2. The molecule has 0 spiro atoms. The van der Waals surface area contributed by atoms with Gasteiger partial charge >= 0.3 is 6.09 Å². The third kappa shape index (κ3) is 4.14. The number of hydrogen-bond acceptors (Lipinski definition) is 6. The average Bonchev–Trinajstić information content (AvgIpc) is 3.18. The van der Waals surface area contributed by atoms with Crippen LogP contribution in [0.4, 0.5) is 13.6 Å². The van der Waals surface area contributed by atoms with Crippen molar-refractivity contribution in [2.45, 2.75) is 12.8 Å². The number of amides is 1. The molecule has 5 rings (SSSR count). The number of carbonyl (C=O) groups is 1. The molecule has 0 bridgehead atoms. The summed E-state index contributed by atoms with van der Waals surface area (Å²) in [4.78, 5) is 16.4. The van der Waals surface area contributed by atoms with E-state index in [9.17, 15) is 9.18 Å². The second-order valence-corrected chi connectivity index (χ2v) is 8.27. The van der Waals surface area contributed by atoms with Gasteiger partial charge in [0.1, 0.15) is 0 Å². The molecule has 4 heterocycles. The number of hydrogen-bond donors (Lipinski definition) is 1. The van der Waals surface area contributed by atoms with Gasteiger partial charge in [-0.3, -0.25) is 0 Å².